The number of benzene rings is 1. The summed E-state index contributed by atoms with van der Waals surface area (Å²) in [6.45, 7) is 12.1. The fourth-order valence-corrected chi connectivity index (χ4v) is 4.73. The summed E-state index contributed by atoms with van der Waals surface area (Å²) in [6.07, 6.45) is 5.59. The van der Waals surface area contributed by atoms with E-state index in [2.05, 4.69) is 26.6 Å². The van der Waals surface area contributed by atoms with Gasteiger partial charge in [-0.1, -0.05) is 61.5 Å². The third-order valence-electron chi connectivity index (χ3n) is 5.20. The summed E-state index contributed by atoms with van der Waals surface area (Å²) in [4.78, 5) is 22.8. The van der Waals surface area contributed by atoms with Crippen LogP contribution in [-0.2, 0) is 9.78 Å². The van der Waals surface area contributed by atoms with E-state index in [0.29, 0.717) is 11.5 Å². The van der Waals surface area contributed by atoms with E-state index in [1.54, 1.807) is 12.1 Å². The highest BCUT2D eigenvalue weighted by molar-refractivity contribution is 6.98. The third kappa shape index (κ3) is 4.25. The number of carbonyl (C=O) groups is 1. The molecule has 0 amide bonds. The maximum Gasteiger partial charge on any atom is 0.373 e. The van der Waals surface area contributed by atoms with Crippen molar-refractivity contribution in [2.24, 2.45) is 5.92 Å². The highest BCUT2D eigenvalue weighted by Gasteiger charge is 2.27. The molecule has 2 rings (SSSR count). The Kier molecular flexibility index (Phi) is 6.57. The fourth-order valence-electron chi connectivity index (χ4n) is 3.21. The van der Waals surface area contributed by atoms with Gasteiger partial charge in [0.1, 0.15) is 14.2 Å². The molecular formula is C20H28O3Si. The molecule has 2 unspecified atom stereocenters. The SMILES string of the molecule is C=C[Si](C)(C=C)c1ccc(C(=O)OOC2CCCCC2CC)cc1. The molecule has 0 spiro atoms. The lowest BCUT2D eigenvalue weighted by Crippen LogP contribution is -2.40. The monoisotopic (exact) mass is 344 g/mol. The molecule has 1 saturated carbocycles. The van der Waals surface area contributed by atoms with Gasteiger partial charge in [0.05, 0.1) is 5.56 Å². The first-order valence-electron chi connectivity index (χ1n) is 8.79. The van der Waals surface area contributed by atoms with Gasteiger partial charge in [0.2, 0.25) is 0 Å². The molecule has 2 atom stereocenters. The summed E-state index contributed by atoms with van der Waals surface area (Å²) < 4.78 is 0. The molecule has 0 saturated heterocycles. The standard InChI is InChI=1S/C20H28O3Si/c1-5-16-10-8-9-11-19(16)22-23-20(21)17-12-14-18(15-13-17)24(4,6-2)7-3/h6-7,12-16,19H,2-3,5,8-11H2,1,4H3. The van der Waals surface area contributed by atoms with Gasteiger partial charge in [-0.05, 0) is 30.9 Å². The predicted molar refractivity (Wildman–Crippen MR) is 101 cm³/mol. The summed E-state index contributed by atoms with van der Waals surface area (Å²) >= 11 is 0. The molecule has 3 nitrogen and oxygen atoms in total. The number of hydrogen-bond donors (Lipinski definition) is 0. The maximum atomic E-state index is 12.2. The van der Waals surface area contributed by atoms with Crippen molar-refractivity contribution in [3.8, 4) is 0 Å². The first-order valence-corrected chi connectivity index (χ1v) is 11.4. The van der Waals surface area contributed by atoms with Crippen molar-refractivity contribution in [3.63, 3.8) is 0 Å². The summed E-state index contributed by atoms with van der Waals surface area (Å²) in [5.41, 5.74) is 4.46. The Bertz CT molecular complexity index is 571. The highest BCUT2D eigenvalue weighted by atomic mass is 28.3. The van der Waals surface area contributed by atoms with Crippen molar-refractivity contribution in [2.45, 2.75) is 51.7 Å². The van der Waals surface area contributed by atoms with E-state index in [0.717, 1.165) is 25.7 Å². The Morgan fingerprint density at radius 2 is 1.83 bits per heavy atom. The number of carbonyl (C=O) groups excluding carboxylic acids is 1. The summed E-state index contributed by atoms with van der Waals surface area (Å²) in [6, 6.07) is 7.50. The molecule has 0 radical (unpaired) electrons. The van der Waals surface area contributed by atoms with Crippen LogP contribution in [0.15, 0.2) is 48.8 Å². The zero-order chi connectivity index (χ0) is 17.6. The van der Waals surface area contributed by atoms with Gasteiger partial charge in [-0.25, -0.2) is 4.79 Å². The minimum Gasteiger partial charge on any atom is -0.293 e. The highest BCUT2D eigenvalue weighted by Crippen LogP contribution is 2.29. The third-order valence-corrected chi connectivity index (χ3v) is 8.48. The van der Waals surface area contributed by atoms with E-state index in [9.17, 15) is 4.79 Å². The van der Waals surface area contributed by atoms with Gasteiger partial charge in [-0.15, -0.1) is 13.2 Å². The van der Waals surface area contributed by atoms with Crippen LogP contribution in [0.5, 0.6) is 0 Å². The Morgan fingerprint density at radius 3 is 2.42 bits per heavy atom. The van der Waals surface area contributed by atoms with Crippen LogP contribution in [0.4, 0.5) is 0 Å². The zero-order valence-corrected chi connectivity index (χ0v) is 15.8. The molecule has 0 aliphatic heterocycles. The molecule has 4 heteroatoms. The second-order valence-electron chi connectivity index (χ2n) is 6.73. The average Bonchev–Trinajstić information content (AvgIpc) is 2.65. The molecule has 1 aliphatic carbocycles. The minimum atomic E-state index is -1.85. The molecule has 130 valence electrons. The topological polar surface area (TPSA) is 35.5 Å². The van der Waals surface area contributed by atoms with Crippen molar-refractivity contribution in [1.82, 2.24) is 0 Å². The second-order valence-corrected chi connectivity index (χ2v) is 10.7. The molecule has 0 aromatic heterocycles. The van der Waals surface area contributed by atoms with Crippen molar-refractivity contribution in [2.75, 3.05) is 0 Å². The van der Waals surface area contributed by atoms with Crippen molar-refractivity contribution in [3.05, 3.63) is 54.4 Å². The lowest BCUT2D eigenvalue weighted by atomic mass is 9.85. The lowest BCUT2D eigenvalue weighted by molar-refractivity contribution is -0.290. The molecule has 0 heterocycles. The van der Waals surface area contributed by atoms with Gasteiger partial charge >= 0.3 is 5.97 Å². The molecular weight excluding hydrogens is 316 g/mol. The van der Waals surface area contributed by atoms with E-state index in [1.165, 1.54) is 11.6 Å². The smallest absolute Gasteiger partial charge is 0.293 e. The van der Waals surface area contributed by atoms with Crippen LogP contribution >= 0.6 is 0 Å². The summed E-state index contributed by atoms with van der Waals surface area (Å²) in [5.74, 6) is 0.0587. The maximum absolute atomic E-state index is 12.2. The Hall–Kier alpha value is -1.65. The first-order chi connectivity index (χ1) is 11.5. The number of rotatable bonds is 7. The zero-order valence-electron chi connectivity index (χ0n) is 14.8. The van der Waals surface area contributed by atoms with Gasteiger partial charge in [0, 0.05) is 0 Å². The molecule has 0 N–H and O–H groups in total. The minimum absolute atomic E-state index is 0.0317. The molecule has 1 fully saturated rings. The number of hydrogen-bond acceptors (Lipinski definition) is 3. The summed E-state index contributed by atoms with van der Waals surface area (Å²) in [7, 11) is -1.85. The van der Waals surface area contributed by atoms with Gasteiger partial charge in [0.25, 0.3) is 0 Å². The first kappa shape index (κ1) is 18.7. The van der Waals surface area contributed by atoms with Crippen LogP contribution in [0.2, 0.25) is 6.55 Å². The lowest BCUT2D eigenvalue weighted by Gasteiger charge is -2.28. The Morgan fingerprint density at radius 1 is 1.21 bits per heavy atom. The largest absolute Gasteiger partial charge is 0.373 e. The van der Waals surface area contributed by atoms with Crippen LogP contribution in [0.1, 0.15) is 49.4 Å². The van der Waals surface area contributed by atoms with Crippen molar-refractivity contribution >= 4 is 19.2 Å². The molecule has 0 bridgehead atoms. The van der Waals surface area contributed by atoms with Gasteiger partial charge in [-0.3, -0.25) is 4.89 Å². The summed E-state index contributed by atoms with van der Waals surface area (Å²) in [5, 5.41) is 1.17. The van der Waals surface area contributed by atoms with Crippen molar-refractivity contribution in [1.29, 1.82) is 0 Å². The van der Waals surface area contributed by atoms with Gasteiger partial charge < -0.3 is 0 Å². The quantitative estimate of drug-likeness (QED) is 0.416. The van der Waals surface area contributed by atoms with Crippen molar-refractivity contribution < 1.29 is 14.6 Å². The predicted octanol–water partition coefficient (Wildman–Crippen LogP) is 4.48. The molecule has 1 aromatic carbocycles. The van der Waals surface area contributed by atoms with E-state index in [1.807, 2.05) is 23.5 Å². The van der Waals surface area contributed by atoms with E-state index in [-0.39, 0.29) is 6.10 Å². The Balaban J connectivity index is 1.97. The molecule has 1 aliphatic rings. The normalized spacial score (nSPS) is 21.1. The van der Waals surface area contributed by atoms with E-state index >= 15 is 0 Å². The van der Waals surface area contributed by atoms with E-state index < -0.39 is 14.0 Å². The van der Waals surface area contributed by atoms with Crippen LogP contribution in [0.25, 0.3) is 0 Å². The molecule has 1 aromatic rings. The average molecular weight is 345 g/mol. The fraction of sp³-hybridized carbons (Fsp3) is 0.450. The second kappa shape index (κ2) is 8.45. The van der Waals surface area contributed by atoms with Crippen LogP contribution in [0, 0.1) is 5.92 Å². The van der Waals surface area contributed by atoms with Gasteiger partial charge in [-0.2, -0.15) is 4.89 Å². The van der Waals surface area contributed by atoms with E-state index in [4.69, 9.17) is 9.78 Å². The van der Waals surface area contributed by atoms with Crippen LogP contribution in [-0.4, -0.2) is 20.1 Å². The van der Waals surface area contributed by atoms with Gasteiger partial charge in [0.15, 0.2) is 0 Å². The van der Waals surface area contributed by atoms with Crippen LogP contribution < -0.4 is 5.19 Å². The molecule has 24 heavy (non-hydrogen) atoms. The Labute approximate surface area is 146 Å². The van der Waals surface area contributed by atoms with Crippen LogP contribution in [0.3, 0.4) is 0 Å².